The number of rotatable bonds is 6. The van der Waals surface area contributed by atoms with Crippen LogP contribution in [0.15, 0.2) is 53.4 Å². The van der Waals surface area contributed by atoms with Crippen LogP contribution in [0.5, 0.6) is 0 Å². The number of carbonyl (C=O) groups is 2. The molecule has 0 atom stereocenters. The predicted molar refractivity (Wildman–Crippen MR) is 105 cm³/mol. The first-order chi connectivity index (χ1) is 13.4. The molecule has 0 bridgehead atoms. The molecule has 7 nitrogen and oxygen atoms in total. The van der Waals surface area contributed by atoms with Gasteiger partial charge in [-0.1, -0.05) is 24.3 Å². The SMILES string of the molecule is Cc1ccccc1C(=O)OCC(=O)Nc1cccc(S(=O)(=O)N2CCCC2)c1. The van der Waals surface area contributed by atoms with Crippen molar-refractivity contribution in [1.82, 2.24) is 4.31 Å². The van der Waals surface area contributed by atoms with Crippen LogP contribution in [0, 0.1) is 6.92 Å². The van der Waals surface area contributed by atoms with E-state index < -0.39 is 28.5 Å². The molecule has 2 aromatic rings. The largest absolute Gasteiger partial charge is 0.452 e. The molecule has 0 radical (unpaired) electrons. The molecule has 1 aliphatic heterocycles. The minimum atomic E-state index is -3.57. The summed E-state index contributed by atoms with van der Waals surface area (Å²) >= 11 is 0. The van der Waals surface area contributed by atoms with Gasteiger partial charge in [-0.25, -0.2) is 13.2 Å². The maximum atomic E-state index is 12.6. The zero-order chi connectivity index (χ0) is 20.1. The van der Waals surface area contributed by atoms with E-state index in [0.717, 1.165) is 18.4 Å². The molecule has 1 N–H and O–H groups in total. The second-order valence-corrected chi connectivity index (χ2v) is 8.52. The standard InChI is InChI=1S/C20H22N2O5S/c1-15-7-2-3-10-18(15)20(24)27-14-19(23)21-16-8-6-9-17(13-16)28(25,26)22-11-4-5-12-22/h2-3,6-10,13H,4-5,11-12,14H2,1H3,(H,21,23). The molecule has 0 unspecified atom stereocenters. The highest BCUT2D eigenvalue weighted by Gasteiger charge is 2.27. The Labute approximate surface area is 164 Å². The lowest BCUT2D eigenvalue weighted by Crippen LogP contribution is -2.28. The van der Waals surface area contributed by atoms with Crippen molar-refractivity contribution in [2.75, 3.05) is 25.0 Å². The van der Waals surface area contributed by atoms with Gasteiger partial charge in [0, 0.05) is 18.8 Å². The van der Waals surface area contributed by atoms with Gasteiger partial charge in [-0.2, -0.15) is 4.31 Å². The molecule has 0 aromatic heterocycles. The van der Waals surface area contributed by atoms with Crippen LogP contribution in [-0.2, 0) is 19.6 Å². The van der Waals surface area contributed by atoms with E-state index in [1.165, 1.54) is 16.4 Å². The Kier molecular flexibility index (Phi) is 6.11. The third-order valence-electron chi connectivity index (χ3n) is 4.52. The number of ether oxygens (including phenoxy) is 1. The molecule has 2 aromatic carbocycles. The van der Waals surface area contributed by atoms with E-state index in [1.54, 1.807) is 37.3 Å². The van der Waals surface area contributed by atoms with Gasteiger partial charge in [0.25, 0.3) is 5.91 Å². The molecule has 1 heterocycles. The summed E-state index contributed by atoms with van der Waals surface area (Å²) in [5, 5.41) is 2.57. The van der Waals surface area contributed by atoms with Crippen molar-refractivity contribution in [3.8, 4) is 0 Å². The summed E-state index contributed by atoms with van der Waals surface area (Å²) in [5.74, 6) is -1.13. The summed E-state index contributed by atoms with van der Waals surface area (Å²) in [6.45, 7) is 2.33. The van der Waals surface area contributed by atoms with Crippen molar-refractivity contribution in [1.29, 1.82) is 0 Å². The highest BCUT2D eigenvalue weighted by atomic mass is 32.2. The van der Waals surface area contributed by atoms with Crippen LogP contribution in [-0.4, -0.2) is 44.3 Å². The topological polar surface area (TPSA) is 92.8 Å². The molecule has 1 saturated heterocycles. The highest BCUT2D eigenvalue weighted by Crippen LogP contribution is 2.23. The Hall–Kier alpha value is -2.71. The normalized spacial score (nSPS) is 14.6. The molecule has 8 heteroatoms. The first-order valence-corrected chi connectivity index (χ1v) is 10.4. The van der Waals surface area contributed by atoms with Crippen LogP contribution in [0.25, 0.3) is 0 Å². The zero-order valence-electron chi connectivity index (χ0n) is 15.6. The molecule has 1 amide bonds. The van der Waals surface area contributed by atoms with E-state index in [9.17, 15) is 18.0 Å². The Morgan fingerprint density at radius 2 is 1.79 bits per heavy atom. The molecule has 1 fully saturated rings. The zero-order valence-corrected chi connectivity index (χ0v) is 16.4. The van der Waals surface area contributed by atoms with Crippen molar-refractivity contribution in [2.45, 2.75) is 24.7 Å². The fourth-order valence-electron chi connectivity index (χ4n) is 3.02. The molecule has 28 heavy (non-hydrogen) atoms. The lowest BCUT2D eigenvalue weighted by atomic mass is 10.1. The summed E-state index contributed by atoms with van der Waals surface area (Å²) in [6, 6.07) is 13.0. The maximum Gasteiger partial charge on any atom is 0.338 e. The Bertz CT molecular complexity index is 982. The average molecular weight is 402 g/mol. The van der Waals surface area contributed by atoms with Crippen LogP contribution >= 0.6 is 0 Å². The summed E-state index contributed by atoms with van der Waals surface area (Å²) < 4.78 is 31.7. The predicted octanol–water partition coefficient (Wildman–Crippen LogP) is 2.58. The molecule has 1 aliphatic rings. The lowest BCUT2D eigenvalue weighted by molar-refractivity contribution is -0.119. The second kappa shape index (κ2) is 8.53. The lowest BCUT2D eigenvalue weighted by Gasteiger charge is -2.16. The van der Waals surface area contributed by atoms with E-state index >= 15 is 0 Å². The number of hydrogen-bond acceptors (Lipinski definition) is 5. The van der Waals surface area contributed by atoms with Gasteiger partial charge in [-0.15, -0.1) is 0 Å². The van der Waals surface area contributed by atoms with Crippen molar-refractivity contribution in [3.63, 3.8) is 0 Å². The van der Waals surface area contributed by atoms with Crippen molar-refractivity contribution in [3.05, 3.63) is 59.7 Å². The number of hydrogen-bond donors (Lipinski definition) is 1. The van der Waals surface area contributed by atoms with E-state index in [1.807, 2.05) is 6.07 Å². The number of amides is 1. The third kappa shape index (κ3) is 4.58. The van der Waals surface area contributed by atoms with Crippen LogP contribution < -0.4 is 5.32 Å². The van der Waals surface area contributed by atoms with Crippen LogP contribution in [0.1, 0.15) is 28.8 Å². The number of anilines is 1. The molecule has 148 valence electrons. The number of sulfonamides is 1. The highest BCUT2D eigenvalue weighted by molar-refractivity contribution is 7.89. The van der Waals surface area contributed by atoms with E-state index in [-0.39, 0.29) is 4.90 Å². The quantitative estimate of drug-likeness (QED) is 0.750. The maximum absolute atomic E-state index is 12.6. The summed E-state index contributed by atoms with van der Waals surface area (Å²) in [4.78, 5) is 24.3. The number of benzene rings is 2. The molecule has 0 aliphatic carbocycles. The molecular weight excluding hydrogens is 380 g/mol. The fraction of sp³-hybridized carbons (Fsp3) is 0.300. The minimum absolute atomic E-state index is 0.129. The molecule has 3 rings (SSSR count). The van der Waals surface area contributed by atoms with Crippen molar-refractivity contribution < 1.29 is 22.7 Å². The van der Waals surface area contributed by atoms with Gasteiger partial charge in [-0.3, -0.25) is 4.79 Å². The first-order valence-electron chi connectivity index (χ1n) is 9.01. The van der Waals surface area contributed by atoms with Gasteiger partial charge in [0.15, 0.2) is 6.61 Å². The monoisotopic (exact) mass is 402 g/mol. The minimum Gasteiger partial charge on any atom is -0.452 e. The van der Waals surface area contributed by atoms with Crippen molar-refractivity contribution in [2.24, 2.45) is 0 Å². The number of carbonyl (C=O) groups excluding carboxylic acids is 2. The van der Waals surface area contributed by atoms with Crippen LogP contribution in [0.4, 0.5) is 5.69 Å². The fourth-order valence-corrected chi connectivity index (χ4v) is 4.58. The van der Waals surface area contributed by atoms with E-state index in [0.29, 0.717) is 24.3 Å². The van der Waals surface area contributed by atoms with Crippen molar-refractivity contribution >= 4 is 27.6 Å². The van der Waals surface area contributed by atoms with Gasteiger partial charge < -0.3 is 10.1 Å². The Morgan fingerprint density at radius 1 is 1.07 bits per heavy atom. The smallest absolute Gasteiger partial charge is 0.338 e. The van der Waals surface area contributed by atoms with E-state index in [4.69, 9.17) is 4.74 Å². The number of esters is 1. The Morgan fingerprint density at radius 3 is 2.50 bits per heavy atom. The summed E-state index contributed by atoms with van der Waals surface area (Å²) in [6.07, 6.45) is 1.70. The molecular formula is C20H22N2O5S. The number of aryl methyl sites for hydroxylation is 1. The number of nitrogens with one attached hydrogen (secondary N) is 1. The summed E-state index contributed by atoms with van der Waals surface area (Å²) in [5.41, 5.74) is 1.49. The second-order valence-electron chi connectivity index (χ2n) is 6.58. The first kappa shape index (κ1) is 20.0. The third-order valence-corrected chi connectivity index (χ3v) is 6.41. The van der Waals surface area contributed by atoms with Gasteiger partial charge in [0.1, 0.15) is 0 Å². The van der Waals surface area contributed by atoms with Gasteiger partial charge >= 0.3 is 5.97 Å². The van der Waals surface area contributed by atoms with Gasteiger partial charge in [0.2, 0.25) is 10.0 Å². The van der Waals surface area contributed by atoms with Gasteiger partial charge in [-0.05, 0) is 49.6 Å². The van der Waals surface area contributed by atoms with Crippen LogP contribution in [0.3, 0.4) is 0 Å². The van der Waals surface area contributed by atoms with Crippen LogP contribution in [0.2, 0.25) is 0 Å². The average Bonchev–Trinajstić information content (AvgIpc) is 3.22. The van der Waals surface area contributed by atoms with E-state index in [2.05, 4.69) is 5.32 Å². The summed E-state index contributed by atoms with van der Waals surface area (Å²) in [7, 11) is -3.57. The molecule has 0 saturated carbocycles. The number of nitrogens with zero attached hydrogens (tertiary/aromatic N) is 1. The Balaban J connectivity index is 1.62. The molecule has 0 spiro atoms. The van der Waals surface area contributed by atoms with Gasteiger partial charge in [0.05, 0.1) is 10.5 Å².